The lowest BCUT2D eigenvalue weighted by molar-refractivity contribution is -0.117. The van der Waals surface area contributed by atoms with Gasteiger partial charge in [-0.1, -0.05) is 25.5 Å². The molecule has 0 aromatic heterocycles. The zero-order valence-electron chi connectivity index (χ0n) is 14.3. The maximum absolute atomic E-state index is 12.2. The number of hydrogen-bond acceptors (Lipinski definition) is 4. The normalized spacial score (nSPS) is 12.2. The fraction of sp³-hybridized carbons (Fsp3) is 0.444. The van der Waals surface area contributed by atoms with E-state index in [0.717, 1.165) is 30.7 Å². The molecule has 1 aromatic rings. The van der Waals surface area contributed by atoms with Gasteiger partial charge >= 0.3 is 0 Å². The number of rotatable bonds is 8. The molecule has 1 amide bonds. The first-order valence-electron chi connectivity index (χ1n) is 7.78. The highest BCUT2D eigenvalue weighted by Gasteiger charge is 2.14. The number of amides is 1. The summed E-state index contributed by atoms with van der Waals surface area (Å²) in [7, 11) is 3.48. The first-order valence-corrected chi connectivity index (χ1v) is 7.78. The monoisotopic (exact) mass is 315 g/mol. The summed E-state index contributed by atoms with van der Waals surface area (Å²) >= 11 is 0. The van der Waals surface area contributed by atoms with E-state index in [-0.39, 0.29) is 17.5 Å². The molecule has 5 nitrogen and oxygen atoms in total. The molecule has 0 heterocycles. The molecule has 0 aliphatic carbocycles. The Morgan fingerprint density at radius 2 is 2.09 bits per heavy atom. The van der Waals surface area contributed by atoms with Crippen molar-refractivity contribution in [1.82, 2.24) is 10.2 Å². The van der Waals surface area contributed by atoms with Gasteiger partial charge in [0.05, 0.1) is 13.2 Å². The van der Waals surface area contributed by atoms with Gasteiger partial charge < -0.3 is 15.0 Å². The van der Waals surface area contributed by atoms with E-state index in [4.69, 9.17) is 4.74 Å². The lowest BCUT2D eigenvalue weighted by Gasteiger charge is -2.16. The number of nitrogens with one attached hydrogen (secondary N) is 1. The predicted octanol–water partition coefficient (Wildman–Crippen LogP) is 3.01. The van der Waals surface area contributed by atoms with E-state index in [1.54, 1.807) is 13.3 Å². The molecule has 124 valence electrons. The van der Waals surface area contributed by atoms with Crippen LogP contribution in [0, 0.1) is 11.3 Å². The minimum absolute atomic E-state index is 0.115. The van der Waals surface area contributed by atoms with Crippen molar-refractivity contribution in [1.29, 1.82) is 5.26 Å². The first-order chi connectivity index (χ1) is 11.0. The van der Waals surface area contributed by atoms with Crippen molar-refractivity contribution in [3.05, 3.63) is 41.6 Å². The topological polar surface area (TPSA) is 65.4 Å². The maximum atomic E-state index is 12.2. The number of benzene rings is 1. The molecule has 0 radical (unpaired) electrons. The second-order valence-corrected chi connectivity index (χ2v) is 5.46. The molecular weight excluding hydrogens is 290 g/mol. The fourth-order valence-electron chi connectivity index (χ4n) is 2.08. The number of hydrogen-bond donors (Lipinski definition) is 1. The molecule has 1 rings (SSSR count). The number of carbonyl (C=O) groups is 1. The van der Waals surface area contributed by atoms with E-state index >= 15 is 0 Å². The highest BCUT2D eigenvalue weighted by Crippen LogP contribution is 2.17. The largest absolute Gasteiger partial charge is 0.497 e. The average Bonchev–Trinajstić information content (AvgIpc) is 2.57. The Hall–Kier alpha value is -2.48. The van der Waals surface area contributed by atoms with E-state index in [0.29, 0.717) is 0 Å². The zero-order chi connectivity index (χ0) is 17.2. The molecule has 0 bridgehead atoms. The predicted molar refractivity (Wildman–Crippen MR) is 90.8 cm³/mol. The van der Waals surface area contributed by atoms with Crippen LogP contribution in [0.15, 0.2) is 36.0 Å². The minimum Gasteiger partial charge on any atom is -0.497 e. The third-order valence-corrected chi connectivity index (χ3v) is 3.54. The Morgan fingerprint density at radius 3 is 2.61 bits per heavy atom. The van der Waals surface area contributed by atoms with Crippen LogP contribution >= 0.6 is 0 Å². The summed E-state index contributed by atoms with van der Waals surface area (Å²) < 4.78 is 5.12. The third-order valence-electron chi connectivity index (χ3n) is 3.54. The Bertz CT molecular complexity index is 573. The van der Waals surface area contributed by atoms with Crippen LogP contribution in [0.25, 0.3) is 0 Å². The van der Waals surface area contributed by atoms with Gasteiger partial charge in [-0.3, -0.25) is 4.79 Å². The van der Waals surface area contributed by atoms with Crippen LogP contribution in [0.1, 0.15) is 38.3 Å². The molecule has 0 fully saturated rings. The number of methoxy groups -OCH3 is 1. The van der Waals surface area contributed by atoms with Crippen molar-refractivity contribution in [2.24, 2.45) is 0 Å². The van der Waals surface area contributed by atoms with Crippen LogP contribution in [-0.2, 0) is 4.79 Å². The van der Waals surface area contributed by atoms with Gasteiger partial charge in [0.25, 0.3) is 5.91 Å². The second kappa shape index (κ2) is 9.52. The Morgan fingerprint density at radius 1 is 1.43 bits per heavy atom. The summed E-state index contributed by atoms with van der Waals surface area (Å²) in [4.78, 5) is 14.1. The molecule has 0 saturated carbocycles. The molecule has 0 saturated heterocycles. The van der Waals surface area contributed by atoms with Crippen molar-refractivity contribution < 1.29 is 9.53 Å². The van der Waals surface area contributed by atoms with Gasteiger partial charge in [-0.15, -0.1) is 0 Å². The highest BCUT2D eigenvalue weighted by atomic mass is 16.5. The lowest BCUT2D eigenvalue weighted by atomic mass is 10.1. The standard InChI is InChI=1S/C18H25N3O2/c1-5-6-11-21(3)13-16(12-19)18(22)20-14(2)15-7-9-17(23-4)10-8-15/h7-10,13-14H,5-6,11H2,1-4H3,(H,20,22)/b16-13-. The number of carbonyl (C=O) groups excluding carboxylic acids is 1. The Kier molecular flexibility index (Phi) is 7.69. The molecule has 1 aromatic carbocycles. The van der Waals surface area contributed by atoms with Crippen molar-refractivity contribution in [3.63, 3.8) is 0 Å². The van der Waals surface area contributed by atoms with Gasteiger partial charge in [0.1, 0.15) is 17.4 Å². The van der Waals surface area contributed by atoms with E-state index in [1.165, 1.54) is 0 Å². The van der Waals surface area contributed by atoms with Crippen LogP contribution in [0.4, 0.5) is 0 Å². The summed E-state index contributed by atoms with van der Waals surface area (Å²) in [6, 6.07) is 9.26. The van der Waals surface area contributed by atoms with Crippen molar-refractivity contribution in [2.75, 3.05) is 20.7 Å². The first kappa shape index (κ1) is 18.6. The van der Waals surface area contributed by atoms with Crippen LogP contribution < -0.4 is 10.1 Å². The molecule has 0 aliphatic rings. The summed E-state index contributed by atoms with van der Waals surface area (Å²) in [5.41, 5.74) is 1.07. The molecule has 1 atom stereocenters. The van der Waals surface area contributed by atoms with E-state index in [1.807, 2.05) is 49.2 Å². The molecule has 5 heteroatoms. The van der Waals surface area contributed by atoms with Gasteiger partial charge in [0.15, 0.2) is 0 Å². The number of nitriles is 1. The molecule has 0 spiro atoms. The third kappa shape index (κ3) is 6.03. The molecular formula is C18H25N3O2. The van der Waals surface area contributed by atoms with Gasteiger partial charge in [-0.2, -0.15) is 5.26 Å². The quantitative estimate of drug-likeness (QED) is 0.591. The summed E-state index contributed by atoms with van der Waals surface area (Å²) in [5.74, 6) is 0.404. The van der Waals surface area contributed by atoms with E-state index in [2.05, 4.69) is 12.2 Å². The Balaban J connectivity index is 2.71. The highest BCUT2D eigenvalue weighted by molar-refractivity contribution is 5.97. The molecule has 1 N–H and O–H groups in total. The van der Waals surface area contributed by atoms with E-state index < -0.39 is 0 Å². The summed E-state index contributed by atoms with van der Waals surface area (Å²) in [5, 5.41) is 12.0. The van der Waals surface area contributed by atoms with Gasteiger partial charge in [-0.05, 0) is 31.0 Å². The maximum Gasteiger partial charge on any atom is 0.263 e. The summed E-state index contributed by atoms with van der Waals surface area (Å²) in [6.45, 7) is 4.81. The van der Waals surface area contributed by atoms with Gasteiger partial charge in [0.2, 0.25) is 0 Å². The minimum atomic E-state index is -0.362. The van der Waals surface area contributed by atoms with Crippen LogP contribution in [0.2, 0.25) is 0 Å². The van der Waals surface area contributed by atoms with Crippen molar-refractivity contribution in [2.45, 2.75) is 32.7 Å². The van der Waals surface area contributed by atoms with Crippen LogP contribution in [-0.4, -0.2) is 31.5 Å². The number of nitrogens with zero attached hydrogens (tertiary/aromatic N) is 2. The van der Waals surface area contributed by atoms with Gasteiger partial charge in [-0.25, -0.2) is 0 Å². The smallest absolute Gasteiger partial charge is 0.263 e. The van der Waals surface area contributed by atoms with Crippen LogP contribution in [0.5, 0.6) is 5.75 Å². The molecule has 23 heavy (non-hydrogen) atoms. The van der Waals surface area contributed by atoms with E-state index in [9.17, 15) is 10.1 Å². The molecule has 0 aliphatic heterocycles. The molecule has 1 unspecified atom stereocenters. The van der Waals surface area contributed by atoms with Crippen molar-refractivity contribution >= 4 is 5.91 Å². The number of unbranched alkanes of at least 4 members (excludes halogenated alkanes) is 1. The zero-order valence-corrected chi connectivity index (χ0v) is 14.3. The second-order valence-electron chi connectivity index (χ2n) is 5.46. The number of ether oxygens (including phenoxy) is 1. The SMILES string of the molecule is CCCCN(C)/C=C(/C#N)C(=O)NC(C)c1ccc(OC)cc1. The van der Waals surface area contributed by atoms with Gasteiger partial charge in [0, 0.05) is 19.8 Å². The lowest BCUT2D eigenvalue weighted by Crippen LogP contribution is -2.28. The van der Waals surface area contributed by atoms with Crippen LogP contribution in [0.3, 0.4) is 0 Å². The Labute approximate surface area is 138 Å². The summed E-state index contributed by atoms with van der Waals surface area (Å²) in [6.07, 6.45) is 3.70. The fourth-order valence-corrected chi connectivity index (χ4v) is 2.08. The average molecular weight is 315 g/mol. The van der Waals surface area contributed by atoms with Crippen molar-refractivity contribution in [3.8, 4) is 11.8 Å².